The fourth-order valence-corrected chi connectivity index (χ4v) is 2.78. The summed E-state index contributed by atoms with van der Waals surface area (Å²) in [6.45, 7) is 2.30. The van der Waals surface area contributed by atoms with Crippen molar-refractivity contribution in [2.45, 2.75) is 25.8 Å². The standard InChI is InChI=1S/C21H26N2O4/c1-15(23(2)21(26)22-14-6-9-20(24)25)16-10-12-17(13-11-16)18-7-4-5-8-19(18)27-3/h4-5,7-8,10-13,15H,6,9,14H2,1-3H3,(H,22,26)(H,24,25). The lowest BCUT2D eigenvalue weighted by Gasteiger charge is -2.26. The second-order valence-corrected chi connectivity index (χ2v) is 6.34. The van der Waals surface area contributed by atoms with Gasteiger partial charge in [-0.05, 0) is 30.5 Å². The first kappa shape index (κ1) is 20.3. The van der Waals surface area contributed by atoms with Crippen molar-refractivity contribution in [3.63, 3.8) is 0 Å². The van der Waals surface area contributed by atoms with Gasteiger partial charge in [-0.25, -0.2) is 4.79 Å². The van der Waals surface area contributed by atoms with E-state index in [2.05, 4.69) is 5.32 Å². The van der Waals surface area contributed by atoms with E-state index in [1.54, 1.807) is 19.1 Å². The van der Waals surface area contributed by atoms with Crippen LogP contribution >= 0.6 is 0 Å². The SMILES string of the molecule is COc1ccccc1-c1ccc(C(C)N(C)C(=O)NCCCC(=O)O)cc1. The Morgan fingerprint density at radius 3 is 2.44 bits per heavy atom. The maximum Gasteiger partial charge on any atom is 0.317 e. The molecule has 0 bridgehead atoms. The van der Waals surface area contributed by atoms with Crippen LogP contribution in [0.25, 0.3) is 11.1 Å². The number of para-hydroxylation sites is 1. The number of urea groups is 1. The van der Waals surface area contributed by atoms with Crippen molar-refractivity contribution in [2.24, 2.45) is 0 Å². The zero-order chi connectivity index (χ0) is 19.8. The summed E-state index contributed by atoms with van der Waals surface area (Å²) in [5, 5.41) is 11.4. The second-order valence-electron chi connectivity index (χ2n) is 6.34. The first-order valence-electron chi connectivity index (χ1n) is 8.90. The van der Waals surface area contributed by atoms with Crippen LogP contribution < -0.4 is 10.1 Å². The molecule has 2 aromatic rings. The molecule has 0 saturated heterocycles. The molecule has 0 spiro atoms. The molecule has 0 aromatic heterocycles. The molecular formula is C21H26N2O4. The van der Waals surface area contributed by atoms with Crippen molar-refractivity contribution in [2.75, 3.05) is 20.7 Å². The number of hydrogen-bond acceptors (Lipinski definition) is 3. The highest BCUT2D eigenvalue weighted by Gasteiger charge is 2.17. The Morgan fingerprint density at radius 2 is 1.81 bits per heavy atom. The number of rotatable bonds is 8. The van der Waals surface area contributed by atoms with E-state index in [4.69, 9.17) is 9.84 Å². The summed E-state index contributed by atoms with van der Waals surface area (Å²) in [5.74, 6) is -0.0442. The van der Waals surface area contributed by atoms with Crippen LogP contribution in [0.15, 0.2) is 48.5 Å². The molecule has 0 heterocycles. The number of carboxylic acid groups (broad SMARTS) is 1. The van der Waals surface area contributed by atoms with E-state index in [0.29, 0.717) is 13.0 Å². The monoisotopic (exact) mass is 370 g/mol. The van der Waals surface area contributed by atoms with E-state index < -0.39 is 5.97 Å². The van der Waals surface area contributed by atoms with Crippen molar-refractivity contribution < 1.29 is 19.4 Å². The molecule has 0 aliphatic carbocycles. The number of carbonyl (C=O) groups excluding carboxylic acids is 1. The minimum atomic E-state index is -0.860. The van der Waals surface area contributed by atoms with Gasteiger partial charge in [0.2, 0.25) is 0 Å². The van der Waals surface area contributed by atoms with Gasteiger partial charge in [0, 0.05) is 25.6 Å². The summed E-state index contributed by atoms with van der Waals surface area (Å²) in [6.07, 6.45) is 0.459. The summed E-state index contributed by atoms with van der Waals surface area (Å²) in [6, 6.07) is 15.5. The zero-order valence-corrected chi connectivity index (χ0v) is 15.9. The number of hydrogen-bond donors (Lipinski definition) is 2. The van der Waals surface area contributed by atoms with Crippen LogP contribution in [-0.2, 0) is 4.79 Å². The Bertz CT molecular complexity index is 774. The average Bonchev–Trinajstić information content (AvgIpc) is 2.69. The van der Waals surface area contributed by atoms with Gasteiger partial charge in [-0.3, -0.25) is 4.79 Å². The maximum absolute atomic E-state index is 12.2. The quantitative estimate of drug-likeness (QED) is 0.690. The molecule has 6 nitrogen and oxygen atoms in total. The van der Waals surface area contributed by atoms with Crippen molar-refractivity contribution in [3.05, 3.63) is 54.1 Å². The van der Waals surface area contributed by atoms with Crippen molar-refractivity contribution in [1.29, 1.82) is 0 Å². The number of carbonyl (C=O) groups is 2. The fraction of sp³-hybridized carbons (Fsp3) is 0.333. The van der Waals surface area contributed by atoms with Crippen LogP contribution in [-0.4, -0.2) is 42.7 Å². The summed E-state index contributed by atoms with van der Waals surface area (Å²) in [5.41, 5.74) is 3.07. The Hall–Kier alpha value is -3.02. The molecule has 0 fully saturated rings. The van der Waals surface area contributed by atoms with E-state index in [0.717, 1.165) is 22.4 Å². The molecule has 0 saturated carbocycles. The predicted octanol–water partition coefficient (Wildman–Crippen LogP) is 3.93. The molecular weight excluding hydrogens is 344 g/mol. The number of amides is 2. The van der Waals surface area contributed by atoms with E-state index in [9.17, 15) is 9.59 Å². The van der Waals surface area contributed by atoms with Crippen LogP contribution in [0, 0.1) is 0 Å². The molecule has 0 radical (unpaired) electrons. The molecule has 2 aromatic carbocycles. The Kier molecular flexibility index (Phi) is 7.23. The molecule has 2 rings (SSSR count). The van der Waals surface area contributed by atoms with Gasteiger partial charge in [-0.2, -0.15) is 0 Å². The topological polar surface area (TPSA) is 78.9 Å². The fourth-order valence-electron chi connectivity index (χ4n) is 2.78. The Morgan fingerprint density at radius 1 is 1.15 bits per heavy atom. The zero-order valence-electron chi connectivity index (χ0n) is 15.9. The average molecular weight is 370 g/mol. The number of methoxy groups -OCH3 is 1. The highest BCUT2D eigenvalue weighted by atomic mass is 16.5. The lowest BCUT2D eigenvalue weighted by molar-refractivity contribution is -0.137. The molecule has 27 heavy (non-hydrogen) atoms. The summed E-state index contributed by atoms with van der Waals surface area (Å²) in [4.78, 5) is 24.3. The summed E-state index contributed by atoms with van der Waals surface area (Å²) >= 11 is 0. The molecule has 2 N–H and O–H groups in total. The summed E-state index contributed by atoms with van der Waals surface area (Å²) < 4.78 is 5.41. The first-order chi connectivity index (χ1) is 12.9. The van der Waals surface area contributed by atoms with E-state index >= 15 is 0 Å². The third kappa shape index (κ3) is 5.48. The molecule has 6 heteroatoms. The molecule has 2 amide bonds. The van der Waals surface area contributed by atoms with Crippen molar-refractivity contribution in [3.8, 4) is 16.9 Å². The van der Waals surface area contributed by atoms with Crippen LogP contribution in [0.4, 0.5) is 4.79 Å². The van der Waals surface area contributed by atoms with Gasteiger partial charge in [0.05, 0.1) is 13.2 Å². The van der Waals surface area contributed by atoms with Crippen LogP contribution in [0.3, 0.4) is 0 Å². The van der Waals surface area contributed by atoms with Gasteiger partial charge >= 0.3 is 12.0 Å². The minimum Gasteiger partial charge on any atom is -0.496 e. The van der Waals surface area contributed by atoms with Gasteiger partial charge in [0.25, 0.3) is 0 Å². The van der Waals surface area contributed by atoms with Gasteiger partial charge in [-0.15, -0.1) is 0 Å². The van der Waals surface area contributed by atoms with Crippen LogP contribution in [0.1, 0.15) is 31.4 Å². The highest BCUT2D eigenvalue weighted by molar-refractivity contribution is 5.75. The second kappa shape index (κ2) is 9.62. The van der Waals surface area contributed by atoms with Crippen LogP contribution in [0.5, 0.6) is 5.75 Å². The Labute approximate surface area is 159 Å². The largest absolute Gasteiger partial charge is 0.496 e. The van der Waals surface area contributed by atoms with Gasteiger partial charge in [-0.1, -0.05) is 42.5 Å². The third-order valence-electron chi connectivity index (χ3n) is 4.56. The number of nitrogens with one attached hydrogen (secondary N) is 1. The number of ether oxygens (including phenoxy) is 1. The smallest absolute Gasteiger partial charge is 0.317 e. The number of nitrogens with zero attached hydrogens (tertiary/aromatic N) is 1. The van der Waals surface area contributed by atoms with E-state index in [1.165, 1.54) is 0 Å². The van der Waals surface area contributed by atoms with Gasteiger partial charge < -0.3 is 20.1 Å². The number of aliphatic carboxylic acids is 1. The van der Waals surface area contributed by atoms with Crippen molar-refractivity contribution in [1.82, 2.24) is 10.2 Å². The molecule has 1 atom stereocenters. The first-order valence-corrected chi connectivity index (χ1v) is 8.90. The van der Waals surface area contributed by atoms with E-state index in [-0.39, 0.29) is 18.5 Å². The maximum atomic E-state index is 12.2. The van der Waals surface area contributed by atoms with E-state index in [1.807, 2.05) is 55.5 Å². The third-order valence-corrected chi connectivity index (χ3v) is 4.56. The highest BCUT2D eigenvalue weighted by Crippen LogP contribution is 2.30. The normalized spacial score (nSPS) is 11.5. The number of benzene rings is 2. The lowest BCUT2D eigenvalue weighted by Crippen LogP contribution is -2.39. The Balaban J connectivity index is 2.01. The molecule has 0 aliphatic heterocycles. The van der Waals surface area contributed by atoms with Gasteiger partial charge in [0.15, 0.2) is 0 Å². The number of carboxylic acids is 1. The lowest BCUT2D eigenvalue weighted by atomic mass is 10.0. The summed E-state index contributed by atoms with van der Waals surface area (Å²) in [7, 11) is 3.38. The molecule has 144 valence electrons. The minimum absolute atomic E-state index is 0.0456. The van der Waals surface area contributed by atoms with Crippen LogP contribution in [0.2, 0.25) is 0 Å². The predicted molar refractivity (Wildman–Crippen MR) is 105 cm³/mol. The van der Waals surface area contributed by atoms with Gasteiger partial charge in [0.1, 0.15) is 5.75 Å². The molecule has 0 aliphatic rings. The van der Waals surface area contributed by atoms with Crippen molar-refractivity contribution >= 4 is 12.0 Å². The molecule has 1 unspecified atom stereocenters.